The first-order valence-corrected chi connectivity index (χ1v) is 6.53. The number of carbonyl (C=O) groups excluding carboxylic acids is 1. The Morgan fingerprint density at radius 2 is 2.26 bits per heavy atom. The first-order valence-electron chi connectivity index (χ1n) is 6.53. The maximum Gasteiger partial charge on any atom is 0.359 e. The second-order valence-corrected chi connectivity index (χ2v) is 5.23. The van der Waals surface area contributed by atoms with Gasteiger partial charge in [0, 0.05) is 11.3 Å². The Bertz CT molecular complexity index is 563. The smallest absolute Gasteiger partial charge is 0.359 e. The third-order valence-electron chi connectivity index (χ3n) is 4.18. The normalized spacial score (nSPS) is 26.7. The van der Waals surface area contributed by atoms with Crippen molar-refractivity contribution in [1.29, 1.82) is 0 Å². The SMILES string of the molecule is CCOC(=O)c1nn(CC(=O)O)c2c1[C@@H]1[C@H](C)[C@@H]1C2. The number of carboxylic acids is 1. The zero-order chi connectivity index (χ0) is 13.7. The fraction of sp³-hybridized carbons (Fsp3) is 0.615. The van der Waals surface area contributed by atoms with Gasteiger partial charge in [0.25, 0.3) is 0 Å². The molecule has 0 saturated heterocycles. The minimum Gasteiger partial charge on any atom is -0.480 e. The van der Waals surface area contributed by atoms with Crippen molar-refractivity contribution in [3.8, 4) is 0 Å². The number of ether oxygens (including phenoxy) is 1. The van der Waals surface area contributed by atoms with Crippen molar-refractivity contribution in [3.63, 3.8) is 0 Å². The van der Waals surface area contributed by atoms with Gasteiger partial charge in [-0.15, -0.1) is 0 Å². The van der Waals surface area contributed by atoms with E-state index >= 15 is 0 Å². The van der Waals surface area contributed by atoms with Gasteiger partial charge in [-0.2, -0.15) is 5.10 Å². The van der Waals surface area contributed by atoms with E-state index < -0.39 is 11.9 Å². The summed E-state index contributed by atoms with van der Waals surface area (Å²) in [5, 5.41) is 13.1. The van der Waals surface area contributed by atoms with E-state index in [4.69, 9.17) is 9.84 Å². The number of rotatable bonds is 4. The highest BCUT2D eigenvalue weighted by molar-refractivity contribution is 5.90. The molecule has 0 bridgehead atoms. The fourth-order valence-electron chi connectivity index (χ4n) is 3.24. The Morgan fingerprint density at radius 3 is 2.89 bits per heavy atom. The number of fused-ring (bicyclic) bond motifs is 3. The molecule has 0 unspecified atom stereocenters. The molecule has 1 aromatic rings. The Hall–Kier alpha value is -1.85. The van der Waals surface area contributed by atoms with Crippen LogP contribution in [0.2, 0.25) is 0 Å². The van der Waals surface area contributed by atoms with Crippen molar-refractivity contribution in [1.82, 2.24) is 9.78 Å². The minimum atomic E-state index is -0.950. The van der Waals surface area contributed by atoms with Crippen molar-refractivity contribution >= 4 is 11.9 Å². The molecular weight excluding hydrogens is 248 g/mol. The maximum absolute atomic E-state index is 11.9. The number of nitrogens with zero attached hydrogens (tertiary/aromatic N) is 2. The lowest BCUT2D eigenvalue weighted by Gasteiger charge is -2.03. The van der Waals surface area contributed by atoms with E-state index in [0.29, 0.717) is 30.1 Å². The van der Waals surface area contributed by atoms with Gasteiger partial charge in [-0.3, -0.25) is 9.48 Å². The van der Waals surface area contributed by atoms with Gasteiger partial charge in [-0.05, 0) is 31.1 Å². The number of carboxylic acid groups (broad SMARTS) is 1. The Morgan fingerprint density at radius 1 is 1.53 bits per heavy atom. The summed E-state index contributed by atoms with van der Waals surface area (Å²) in [5.74, 6) is 0.0679. The first-order chi connectivity index (χ1) is 9.04. The zero-order valence-corrected chi connectivity index (χ0v) is 10.9. The van der Waals surface area contributed by atoms with E-state index in [-0.39, 0.29) is 6.54 Å². The molecule has 102 valence electrons. The van der Waals surface area contributed by atoms with E-state index in [1.54, 1.807) is 6.92 Å². The Balaban J connectivity index is 2.00. The van der Waals surface area contributed by atoms with Crippen molar-refractivity contribution in [2.75, 3.05) is 6.61 Å². The van der Waals surface area contributed by atoms with E-state index in [9.17, 15) is 9.59 Å². The van der Waals surface area contributed by atoms with Gasteiger partial charge in [-0.1, -0.05) is 6.92 Å². The summed E-state index contributed by atoms with van der Waals surface area (Å²) in [6.07, 6.45) is 0.820. The van der Waals surface area contributed by atoms with Gasteiger partial charge >= 0.3 is 11.9 Å². The molecule has 6 nitrogen and oxygen atoms in total. The summed E-state index contributed by atoms with van der Waals surface area (Å²) in [5.41, 5.74) is 2.14. The molecule has 3 atom stereocenters. The molecule has 0 amide bonds. The standard InChI is InChI=1S/C13H16N2O4/c1-3-19-13(18)12-11-8(4-7-6(2)10(7)11)15(14-12)5-9(16)17/h6-7,10H,3-5H2,1-2H3,(H,16,17)/t6-,7+,10-/m1/s1. The first kappa shape index (κ1) is 12.2. The number of hydrogen-bond acceptors (Lipinski definition) is 4. The average Bonchev–Trinajstić information content (AvgIpc) is 2.74. The molecule has 2 aliphatic carbocycles. The third-order valence-corrected chi connectivity index (χ3v) is 4.18. The van der Waals surface area contributed by atoms with Crippen LogP contribution in [-0.2, 0) is 22.5 Å². The molecule has 1 saturated carbocycles. The molecule has 6 heteroatoms. The highest BCUT2D eigenvalue weighted by Crippen LogP contribution is 2.61. The average molecular weight is 264 g/mol. The van der Waals surface area contributed by atoms with Crippen LogP contribution in [0.5, 0.6) is 0 Å². The van der Waals surface area contributed by atoms with Crippen LogP contribution in [0.1, 0.15) is 41.5 Å². The third kappa shape index (κ3) is 1.74. The topological polar surface area (TPSA) is 81.4 Å². The molecular formula is C13H16N2O4. The van der Waals surface area contributed by atoms with Crippen molar-refractivity contribution in [2.24, 2.45) is 11.8 Å². The minimum absolute atomic E-state index is 0.199. The predicted molar refractivity (Wildman–Crippen MR) is 64.9 cm³/mol. The molecule has 0 spiro atoms. The van der Waals surface area contributed by atoms with E-state index in [1.165, 1.54) is 4.68 Å². The number of hydrogen-bond donors (Lipinski definition) is 1. The van der Waals surface area contributed by atoms with Crippen LogP contribution in [0.4, 0.5) is 0 Å². The van der Waals surface area contributed by atoms with Crippen LogP contribution in [0, 0.1) is 11.8 Å². The second-order valence-electron chi connectivity index (χ2n) is 5.23. The predicted octanol–water partition coefficient (Wildman–Crippen LogP) is 1.05. The molecule has 0 aromatic carbocycles. The van der Waals surface area contributed by atoms with Crippen molar-refractivity contribution in [2.45, 2.75) is 32.7 Å². The van der Waals surface area contributed by atoms with E-state index in [2.05, 4.69) is 12.0 Å². The van der Waals surface area contributed by atoms with Crippen LogP contribution in [-0.4, -0.2) is 33.4 Å². The van der Waals surface area contributed by atoms with Gasteiger partial charge in [0.15, 0.2) is 5.69 Å². The molecule has 1 fully saturated rings. The van der Waals surface area contributed by atoms with Gasteiger partial charge in [0.05, 0.1) is 6.61 Å². The van der Waals surface area contributed by atoms with Gasteiger partial charge in [0.1, 0.15) is 6.54 Å². The molecule has 0 aliphatic heterocycles. The monoisotopic (exact) mass is 264 g/mol. The van der Waals surface area contributed by atoms with Gasteiger partial charge < -0.3 is 9.84 Å². The second kappa shape index (κ2) is 4.08. The van der Waals surface area contributed by atoms with Crippen molar-refractivity contribution < 1.29 is 19.4 Å². The highest BCUT2D eigenvalue weighted by atomic mass is 16.5. The molecule has 3 rings (SSSR count). The van der Waals surface area contributed by atoms with Crippen LogP contribution >= 0.6 is 0 Å². The summed E-state index contributed by atoms with van der Waals surface area (Å²) >= 11 is 0. The summed E-state index contributed by atoms with van der Waals surface area (Å²) in [4.78, 5) is 22.8. The Labute approximate surface area is 110 Å². The number of aromatic nitrogens is 2. The van der Waals surface area contributed by atoms with Crippen molar-refractivity contribution in [3.05, 3.63) is 17.0 Å². The molecule has 1 N–H and O–H groups in total. The van der Waals surface area contributed by atoms with Crippen LogP contribution < -0.4 is 0 Å². The lowest BCUT2D eigenvalue weighted by atomic mass is 10.1. The fourth-order valence-corrected chi connectivity index (χ4v) is 3.24. The largest absolute Gasteiger partial charge is 0.480 e. The van der Waals surface area contributed by atoms with Crippen LogP contribution in [0.15, 0.2) is 0 Å². The lowest BCUT2D eigenvalue weighted by Crippen LogP contribution is -2.14. The summed E-state index contributed by atoms with van der Waals surface area (Å²) in [6.45, 7) is 4.00. The van der Waals surface area contributed by atoms with Gasteiger partial charge in [-0.25, -0.2) is 4.79 Å². The highest BCUT2D eigenvalue weighted by Gasteiger charge is 2.56. The lowest BCUT2D eigenvalue weighted by molar-refractivity contribution is -0.137. The van der Waals surface area contributed by atoms with Crippen LogP contribution in [0.3, 0.4) is 0 Å². The quantitative estimate of drug-likeness (QED) is 0.822. The number of esters is 1. The Kier molecular flexibility index (Phi) is 2.62. The summed E-state index contributed by atoms with van der Waals surface area (Å²) in [6, 6.07) is 0. The number of carbonyl (C=O) groups is 2. The molecule has 19 heavy (non-hydrogen) atoms. The molecule has 2 aliphatic rings. The van der Waals surface area contributed by atoms with E-state index in [0.717, 1.165) is 17.7 Å². The maximum atomic E-state index is 11.9. The van der Waals surface area contributed by atoms with Crippen LogP contribution in [0.25, 0.3) is 0 Å². The summed E-state index contributed by atoms with van der Waals surface area (Å²) < 4.78 is 6.46. The molecule has 0 radical (unpaired) electrons. The molecule has 1 heterocycles. The summed E-state index contributed by atoms with van der Waals surface area (Å²) in [7, 11) is 0. The number of aliphatic carboxylic acids is 1. The van der Waals surface area contributed by atoms with Gasteiger partial charge in [0.2, 0.25) is 0 Å². The van der Waals surface area contributed by atoms with E-state index in [1.807, 2.05) is 0 Å². The zero-order valence-electron chi connectivity index (χ0n) is 10.9. The molecule has 1 aromatic heterocycles.